The third-order valence-corrected chi connectivity index (χ3v) is 4.66. The summed E-state index contributed by atoms with van der Waals surface area (Å²) in [5.41, 5.74) is 1.77. The van der Waals surface area contributed by atoms with Crippen molar-refractivity contribution in [2.24, 2.45) is 0 Å². The molecule has 1 N–H and O–H groups in total. The molecule has 0 unspecified atom stereocenters. The highest BCUT2D eigenvalue weighted by molar-refractivity contribution is 5.42. The third kappa shape index (κ3) is 4.93. The largest absolute Gasteiger partial charge is 0.496 e. The van der Waals surface area contributed by atoms with Gasteiger partial charge in [0.2, 0.25) is 0 Å². The summed E-state index contributed by atoms with van der Waals surface area (Å²) in [5.74, 6) is 0.797. The average molecular weight is 317 g/mol. The van der Waals surface area contributed by atoms with Gasteiger partial charge in [-0.3, -0.25) is 4.90 Å². The number of rotatable bonds is 7. The van der Waals surface area contributed by atoms with E-state index in [2.05, 4.69) is 22.9 Å². The predicted octanol–water partition coefficient (Wildman–Crippen LogP) is 1.85. The van der Waals surface area contributed by atoms with Crippen molar-refractivity contribution in [2.75, 3.05) is 40.4 Å². The summed E-state index contributed by atoms with van der Waals surface area (Å²) < 4.78 is 5.42. The van der Waals surface area contributed by atoms with Crippen LogP contribution in [-0.4, -0.2) is 61.3 Å². The Morgan fingerprint density at radius 1 is 1.39 bits per heavy atom. The molecule has 126 valence electrons. The van der Waals surface area contributed by atoms with Gasteiger partial charge in [0.1, 0.15) is 5.75 Å². The highest BCUT2D eigenvalue weighted by Crippen LogP contribution is 2.24. The summed E-state index contributed by atoms with van der Waals surface area (Å²) in [7, 11) is 3.81. The summed E-state index contributed by atoms with van der Waals surface area (Å²) in [5, 5.41) is 17.9. The Hall–Kier alpha value is -1.61. The molecule has 1 fully saturated rings. The molecule has 1 aromatic rings. The maximum absolute atomic E-state index is 8.98. The molecule has 0 aromatic heterocycles. The van der Waals surface area contributed by atoms with Gasteiger partial charge in [-0.05, 0) is 51.5 Å². The number of hydrogen-bond acceptors (Lipinski definition) is 5. The lowest BCUT2D eigenvalue weighted by atomic mass is 10.0. The van der Waals surface area contributed by atoms with Gasteiger partial charge >= 0.3 is 0 Å². The fourth-order valence-corrected chi connectivity index (χ4v) is 3.21. The topological polar surface area (TPSA) is 59.7 Å². The molecule has 1 aliphatic rings. The van der Waals surface area contributed by atoms with Gasteiger partial charge in [-0.25, -0.2) is 0 Å². The Kier molecular flexibility index (Phi) is 6.85. The van der Waals surface area contributed by atoms with Crippen LogP contribution in [0.3, 0.4) is 0 Å². The molecule has 0 radical (unpaired) electrons. The Morgan fingerprint density at radius 3 is 2.74 bits per heavy atom. The highest BCUT2D eigenvalue weighted by atomic mass is 16.5. The number of nitrogens with zero attached hydrogens (tertiary/aromatic N) is 3. The van der Waals surface area contributed by atoms with E-state index in [9.17, 15) is 0 Å². The van der Waals surface area contributed by atoms with Crippen LogP contribution in [0.2, 0.25) is 0 Å². The van der Waals surface area contributed by atoms with Gasteiger partial charge in [0, 0.05) is 31.3 Å². The van der Waals surface area contributed by atoms with Crippen molar-refractivity contribution in [2.45, 2.75) is 31.8 Å². The van der Waals surface area contributed by atoms with Crippen LogP contribution in [0, 0.1) is 11.3 Å². The number of nitriles is 1. The van der Waals surface area contributed by atoms with Crippen molar-refractivity contribution in [3.05, 3.63) is 29.3 Å². The van der Waals surface area contributed by atoms with Crippen LogP contribution in [-0.2, 0) is 6.54 Å². The van der Waals surface area contributed by atoms with E-state index < -0.39 is 0 Å². The first-order valence-electron chi connectivity index (χ1n) is 8.28. The van der Waals surface area contributed by atoms with Gasteiger partial charge in [-0.15, -0.1) is 0 Å². The molecule has 2 rings (SSSR count). The van der Waals surface area contributed by atoms with Crippen molar-refractivity contribution in [1.82, 2.24) is 9.80 Å². The number of benzene rings is 1. The first-order chi connectivity index (χ1) is 11.2. The summed E-state index contributed by atoms with van der Waals surface area (Å²) in [4.78, 5) is 4.82. The van der Waals surface area contributed by atoms with Crippen LogP contribution in [0.4, 0.5) is 0 Å². The molecule has 0 spiro atoms. The second-order valence-electron chi connectivity index (χ2n) is 6.20. The van der Waals surface area contributed by atoms with Gasteiger partial charge in [0.15, 0.2) is 0 Å². The van der Waals surface area contributed by atoms with Crippen LogP contribution < -0.4 is 4.74 Å². The molecule has 0 saturated carbocycles. The Morgan fingerprint density at radius 2 is 2.13 bits per heavy atom. The normalized spacial score (nSPS) is 16.5. The molecular formula is C18H27N3O2. The maximum atomic E-state index is 8.98. The predicted molar refractivity (Wildman–Crippen MR) is 90.3 cm³/mol. The Labute approximate surface area is 139 Å². The number of aliphatic hydroxyl groups excluding tert-OH is 1. The zero-order valence-electron chi connectivity index (χ0n) is 14.2. The number of ether oxygens (including phenoxy) is 1. The van der Waals surface area contributed by atoms with Gasteiger partial charge in [-0.1, -0.05) is 6.07 Å². The van der Waals surface area contributed by atoms with Crippen LogP contribution in [0.5, 0.6) is 5.75 Å². The van der Waals surface area contributed by atoms with Crippen molar-refractivity contribution in [3.8, 4) is 11.8 Å². The molecular weight excluding hydrogens is 290 g/mol. The van der Waals surface area contributed by atoms with E-state index in [1.165, 1.54) is 0 Å². The minimum atomic E-state index is 0.266. The molecule has 5 nitrogen and oxygen atoms in total. The highest BCUT2D eigenvalue weighted by Gasteiger charge is 2.22. The van der Waals surface area contributed by atoms with E-state index in [-0.39, 0.29) is 6.61 Å². The fraction of sp³-hybridized carbons (Fsp3) is 0.611. The van der Waals surface area contributed by atoms with E-state index in [0.29, 0.717) is 11.6 Å². The Bertz CT molecular complexity index is 534. The van der Waals surface area contributed by atoms with Crippen molar-refractivity contribution >= 4 is 0 Å². The summed E-state index contributed by atoms with van der Waals surface area (Å²) in [6.45, 7) is 4.23. The molecule has 0 bridgehead atoms. The van der Waals surface area contributed by atoms with Crippen molar-refractivity contribution < 1.29 is 9.84 Å². The summed E-state index contributed by atoms with van der Waals surface area (Å²) >= 11 is 0. The zero-order valence-corrected chi connectivity index (χ0v) is 14.2. The molecule has 23 heavy (non-hydrogen) atoms. The average Bonchev–Trinajstić information content (AvgIpc) is 2.60. The second kappa shape index (κ2) is 8.88. The van der Waals surface area contributed by atoms with E-state index in [4.69, 9.17) is 15.1 Å². The second-order valence-corrected chi connectivity index (χ2v) is 6.20. The summed E-state index contributed by atoms with van der Waals surface area (Å²) in [6.07, 6.45) is 3.15. The number of aliphatic hydroxyl groups is 1. The van der Waals surface area contributed by atoms with Gasteiger partial charge in [0.25, 0.3) is 0 Å². The fourth-order valence-electron chi connectivity index (χ4n) is 3.21. The molecule has 1 aromatic carbocycles. The summed E-state index contributed by atoms with van der Waals surface area (Å²) in [6, 6.07) is 8.42. The lowest BCUT2D eigenvalue weighted by Gasteiger charge is -2.37. The minimum Gasteiger partial charge on any atom is -0.496 e. The smallest absolute Gasteiger partial charge is 0.124 e. The standard InChI is InChI=1S/C18H27N3O2/c1-20(8-3-11-22)17-6-9-21(10-7-17)14-16-5-4-15(13-19)12-18(16)23-2/h4-5,12,17,22H,3,6-11,14H2,1-2H3. The number of hydrogen-bond donors (Lipinski definition) is 1. The van der Waals surface area contributed by atoms with Gasteiger partial charge < -0.3 is 14.7 Å². The maximum Gasteiger partial charge on any atom is 0.124 e. The first kappa shape index (κ1) is 17.7. The van der Waals surface area contributed by atoms with E-state index in [1.807, 2.05) is 18.2 Å². The molecule has 1 saturated heterocycles. The SMILES string of the molecule is COc1cc(C#N)ccc1CN1CCC(N(C)CCCO)CC1. The number of likely N-dealkylation sites (tertiary alicyclic amines) is 1. The van der Waals surface area contributed by atoms with Crippen LogP contribution in [0.15, 0.2) is 18.2 Å². The molecule has 0 atom stereocenters. The van der Waals surface area contributed by atoms with E-state index >= 15 is 0 Å². The first-order valence-corrected chi connectivity index (χ1v) is 8.28. The van der Waals surface area contributed by atoms with Crippen molar-refractivity contribution in [1.29, 1.82) is 5.26 Å². The molecule has 0 amide bonds. The lowest BCUT2D eigenvalue weighted by Crippen LogP contribution is -2.43. The number of piperidine rings is 1. The molecule has 5 heteroatoms. The molecule has 0 aliphatic carbocycles. The molecule has 1 heterocycles. The minimum absolute atomic E-state index is 0.266. The quantitative estimate of drug-likeness (QED) is 0.831. The van der Waals surface area contributed by atoms with Crippen LogP contribution >= 0.6 is 0 Å². The van der Waals surface area contributed by atoms with E-state index in [0.717, 1.165) is 56.8 Å². The van der Waals surface area contributed by atoms with Gasteiger partial charge in [0.05, 0.1) is 18.7 Å². The molecule has 1 aliphatic heterocycles. The van der Waals surface area contributed by atoms with Crippen molar-refractivity contribution in [3.63, 3.8) is 0 Å². The Balaban J connectivity index is 1.88. The third-order valence-electron chi connectivity index (χ3n) is 4.66. The zero-order chi connectivity index (χ0) is 16.7. The van der Waals surface area contributed by atoms with Gasteiger partial charge in [-0.2, -0.15) is 5.26 Å². The lowest BCUT2D eigenvalue weighted by molar-refractivity contribution is 0.117. The number of methoxy groups -OCH3 is 1. The monoisotopic (exact) mass is 317 g/mol. The van der Waals surface area contributed by atoms with E-state index in [1.54, 1.807) is 7.11 Å². The van der Waals surface area contributed by atoms with Crippen LogP contribution in [0.25, 0.3) is 0 Å². The van der Waals surface area contributed by atoms with Crippen LogP contribution in [0.1, 0.15) is 30.4 Å².